The van der Waals surface area contributed by atoms with E-state index in [2.05, 4.69) is 31.2 Å². The Hall–Kier alpha value is -1.46. The van der Waals surface area contributed by atoms with Crippen molar-refractivity contribution < 1.29 is 13.9 Å². The highest BCUT2D eigenvalue weighted by molar-refractivity contribution is 9.10. The number of hydrogen-bond donors (Lipinski definition) is 3. The number of nitrogens with one attached hydrogen (secondary N) is 1. The van der Waals surface area contributed by atoms with Gasteiger partial charge in [0.15, 0.2) is 0 Å². The van der Waals surface area contributed by atoms with Gasteiger partial charge in [-0.1, -0.05) is 18.2 Å². The summed E-state index contributed by atoms with van der Waals surface area (Å²) in [5.74, 6) is -0.269. The van der Waals surface area contributed by atoms with Crippen LogP contribution in [0.3, 0.4) is 0 Å². The van der Waals surface area contributed by atoms with Gasteiger partial charge in [0, 0.05) is 18.0 Å². The molecule has 3 N–H and O–H groups in total. The Labute approximate surface area is 165 Å². The van der Waals surface area contributed by atoms with Gasteiger partial charge < -0.3 is 0 Å². The molecule has 2 unspecified atom stereocenters. The topological polar surface area (TPSA) is 98.1 Å². The maximum Gasteiger partial charge on any atom is 0.257 e. The molecule has 2 atom stereocenters. The molecule has 26 heavy (non-hydrogen) atoms. The third-order valence-corrected chi connectivity index (χ3v) is 8.64. The van der Waals surface area contributed by atoms with Crippen molar-refractivity contribution in [1.29, 1.82) is 0 Å². The number of halogens is 1. The lowest BCUT2D eigenvalue weighted by Gasteiger charge is -2.53. The van der Waals surface area contributed by atoms with Crippen LogP contribution in [0.5, 0.6) is 0 Å². The zero-order valence-corrected chi connectivity index (χ0v) is 17.6. The van der Waals surface area contributed by atoms with Crippen molar-refractivity contribution in [2.45, 2.75) is 24.6 Å². The Kier molecular flexibility index (Phi) is 5.15. The molecule has 0 aliphatic carbocycles. The fourth-order valence-corrected chi connectivity index (χ4v) is 5.75. The fraction of sp³-hybridized carbons (Fsp3) is 0.312. The summed E-state index contributed by atoms with van der Waals surface area (Å²) in [6.07, 6.45) is 0. The number of thiazole rings is 1. The number of nitrogens with zero attached hydrogens (tertiary/aromatic N) is 3. The second-order valence-electron chi connectivity index (χ2n) is 6.08. The van der Waals surface area contributed by atoms with E-state index >= 15 is 0 Å². The van der Waals surface area contributed by atoms with Crippen LogP contribution in [0.4, 0.5) is 0 Å². The minimum atomic E-state index is -3.22. The summed E-state index contributed by atoms with van der Waals surface area (Å²) in [5, 5.41) is 4.53. The maximum atomic E-state index is 12.5. The first-order valence-corrected chi connectivity index (χ1v) is 11.0. The molecule has 0 fully saturated rings. The highest BCUT2D eigenvalue weighted by Gasteiger charge is 2.50. The molecule has 0 bridgehead atoms. The highest BCUT2D eigenvalue weighted by Crippen LogP contribution is 2.57. The maximum absolute atomic E-state index is 12.5. The van der Waals surface area contributed by atoms with Crippen LogP contribution >= 0.6 is 38.0 Å². The molecule has 10 heteroatoms. The first kappa shape index (κ1) is 19.3. The molecule has 1 aliphatic rings. The zero-order valence-electron chi connectivity index (χ0n) is 14.4. The molecule has 0 saturated heterocycles. The summed E-state index contributed by atoms with van der Waals surface area (Å²) < 4.78 is 23.4. The standard InChI is InChI=1S/C16H19BrN4O3S2/c1-10-16(2,14-18-12(17)9-25-14)20-15(21(3)26(10,23)24)19-13(22)11-7-5-4-6-8-11/h4-10,23-24H,1-3H3,(H,19,20,22). The number of hydrogen-bond acceptors (Lipinski definition) is 7. The minimum Gasteiger partial charge on any atom is -0.291 e. The Bertz CT molecular complexity index is 858. The molecule has 3 rings (SSSR count). The van der Waals surface area contributed by atoms with E-state index in [0.29, 0.717) is 15.2 Å². The van der Waals surface area contributed by atoms with Crippen LogP contribution < -0.4 is 5.32 Å². The van der Waals surface area contributed by atoms with E-state index in [1.54, 1.807) is 38.1 Å². The molecule has 1 aromatic heterocycles. The molecule has 0 saturated carbocycles. The normalized spacial score (nSPS) is 26.2. The fourth-order valence-electron chi connectivity index (χ4n) is 2.63. The van der Waals surface area contributed by atoms with Crippen molar-refractivity contribution in [3.63, 3.8) is 0 Å². The van der Waals surface area contributed by atoms with Crippen molar-refractivity contribution >= 4 is 49.9 Å². The van der Waals surface area contributed by atoms with Crippen molar-refractivity contribution in [2.75, 3.05) is 7.05 Å². The van der Waals surface area contributed by atoms with Crippen molar-refractivity contribution in [2.24, 2.45) is 4.99 Å². The van der Waals surface area contributed by atoms with Gasteiger partial charge in [-0.25, -0.2) is 14.3 Å². The number of rotatable bonds is 2. The van der Waals surface area contributed by atoms with Gasteiger partial charge in [0.05, 0.1) is 5.25 Å². The van der Waals surface area contributed by atoms with E-state index in [-0.39, 0.29) is 11.9 Å². The van der Waals surface area contributed by atoms with Gasteiger partial charge in [-0.3, -0.25) is 19.2 Å². The summed E-state index contributed by atoms with van der Waals surface area (Å²) in [5.41, 5.74) is -0.529. The lowest BCUT2D eigenvalue weighted by molar-refractivity contribution is 0.0973. The quantitative estimate of drug-likeness (QED) is 0.633. The lowest BCUT2D eigenvalue weighted by atomic mass is 10.0. The largest absolute Gasteiger partial charge is 0.291 e. The van der Waals surface area contributed by atoms with Crippen LogP contribution in [0.15, 0.2) is 45.3 Å². The third-order valence-electron chi connectivity index (χ3n) is 4.48. The van der Waals surface area contributed by atoms with Gasteiger partial charge in [0.2, 0.25) is 5.96 Å². The number of carbonyl (C=O) groups excluding carboxylic acids is 1. The van der Waals surface area contributed by atoms with Crippen LogP contribution in [0.25, 0.3) is 0 Å². The summed E-state index contributed by atoms with van der Waals surface area (Å²) in [6, 6.07) is 8.69. The molecule has 1 amide bonds. The molecule has 7 nitrogen and oxygen atoms in total. The van der Waals surface area contributed by atoms with Crippen LogP contribution in [0.1, 0.15) is 29.2 Å². The van der Waals surface area contributed by atoms with Crippen molar-refractivity contribution in [1.82, 2.24) is 14.6 Å². The highest BCUT2D eigenvalue weighted by atomic mass is 79.9. The molecule has 1 aliphatic heterocycles. The van der Waals surface area contributed by atoms with Crippen molar-refractivity contribution in [3.05, 3.63) is 50.9 Å². The van der Waals surface area contributed by atoms with E-state index < -0.39 is 21.6 Å². The Morgan fingerprint density at radius 3 is 2.62 bits per heavy atom. The SMILES string of the molecule is CC1C(C)(c2nc(Br)cs2)N=C(NC(=O)c2ccccc2)N(C)S1(O)O. The van der Waals surface area contributed by atoms with Gasteiger partial charge in [-0.2, -0.15) is 0 Å². The van der Waals surface area contributed by atoms with Crippen LogP contribution in [0, 0.1) is 0 Å². The van der Waals surface area contributed by atoms with Crippen LogP contribution in [0.2, 0.25) is 0 Å². The van der Waals surface area contributed by atoms with E-state index in [0.717, 1.165) is 0 Å². The predicted octanol–water partition coefficient (Wildman–Crippen LogP) is 3.91. The van der Waals surface area contributed by atoms with E-state index in [9.17, 15) is 13.9 Å². The molecule has 1 aromatic carbocycles. The number of carbonyl (C=O) groups is 1. The Morgan fingerprint density at radius 2 is 2.04 bits per heavy atom. The second-order valence-corrected chi connectivity index (χ2v) is 10.1. The predicted molar refractivity (Wildman–Crippen MR) is 109 cm³/mol. The summed E-state index contributed by atoms with van der Waals surface area (Å²) in [4.78, 5) is 21.6. The zero-order chi connectivity index (χ0) is 19.1. The molecule has 2 heterocycles. The van der Waals surface area contributed by atoms with E-state index in [1.165, 1.54) is 22.7 Å². The lowest BCUT2D eigenvalue weighted by Crippen LogP contribution is -2.54. The van der Waals surface area contributed by atoms with Crippen LogP contribution in [-0.2, 0) is 5.54 Å². The van der Waals surface area contributed by atoms with E-state index in [1.807, 2.05) is 11.4 Å². The van der Waals surface area contributed by atoms with Gasteiger partial charge in [0.1, 0.15) is 15.1 Å². The monoisotopic (exact) mass is 458 g/mol. The van der Waals surface area contributed by atoms with Gasteiger partial charge in [-0.05, 0) is 41.9 Å². The smallest absolute Gasteiger partial charge is 0.257 e. The molecule has 2 aromatic rings. The van der Waals surface area contributed by atoms with Gasteiger partial charge in [-0.15, -0.1) is 22.1 Å². The van der Waals surface area contributed by atoms with Crippen molar-refractivity contribution in [3.8, 4) is 0 Å². The Balaban J connectivity index is 2.02. The molecular formula is C16H19BrN4O3S2. The summed E-state index contributed by atoms with van der Waals surface area (Å²) in [7, 11) is -1.72. The average Bonchev–Trinajstić information content (AvgIpc) is 3.06. The third kappa shape index (κ3) is 3.27. The minimum absolute atomic E-state index is 0.103. The van der Waals surface area contributed by atoms with E-state index in [4.69, 9.17) is 0 Å². The molecular weight excluding hydrogens is 440 g/mol. The van der Waals surface area contributed by atoms with Crippen LogP contribution in [-0.4, -0.2) is 42.6 Å². The Morgan fingerprint density at radius 1 is 1.38 bits per heavy atom. The number of amides is 1. The number of guanidine groups is 1. The molecule has 0 spiro atoms. The number of aromatic nitrogens is 1. The summed E-state index contributed by atoms with van der Waals surface area (Å²) >= 11 is 4.69. The number of benzene rings is 1. The summed E-state index contributed by atoms with van der Waals surface area (Å²) in [6.45, 7) is 3.51. The first-order chi connectivity index (χ1) is 12.2. The first-order valence-electron chi connectivity index (χ1n) is 7.75. The van der Waals surface area contributed by atoms with Gasteiger partial charge in [0.25, 0.3) is 5.91 Å². The number of aliphatic imine (C=N–C) groups is 1. The molecule has 140 valence electrons. The second kappa shape index (κ2) is 6.93. The molecule has 0 radical (unpaired) electrons. The average molecular weight is 459 g/mol. The van der Waals surface area contributed by atoms with Gasteiger partial charge >= 0.3 is 0 Å².